The summed E-state index contributed by atoms with van der Waals surface area (Å²) in [6.45, 7) is 1.20. The molecule has 1 aromatic rings. The highest BCUT2D eigenvalue weighted by atomic mass is 19.1. The Labute approximate surface area is 84.9 Å². The first-order valence-corrected chi connectivity index (χ1v) is 4.25. The van der Waals surface area contributed by atoms with E-state index in [0.29, 0.717) is 6.07 Å². The van der Waals surface area contributed by atoms with Crippen LogP contribution in [0.5, 0.6) is 5.75 Å². The molecule has 0 radical (unpaired) electrons. The first-order chi connectivity index (χ1) is 6.97. The average Bonchev–Trinajstić information content (AvgIpc) is 2.20. The van der Waals surface area contributed by atoms with Crippen LogP contribution in [0, 0.1) is 15.9 Å². The fourth-order valence-corrected chi connectivity index (χ4v) is 1.18. The number of benzene rings is 1. The van der Waals surface area contributed by atoms with Crippen molar-refractivity contribution in [2.45, 2.75) is 12.8 Å². The number of phenols is 1. The summed E-state index contributed by atoms with van der Waals surface area (Å²) >= 11 is 0. The highest BCUT2D eigenvalue weighted by Crippen LogP contribution is 2.32. The number of hydrogen-bond donors (Lipinski definition) is 2. The van der Waals surface area contributed by atoms with Gasteiger partial charge in [-0.3, -0.25) is 10.1 Å². The molecule has 0 fully saturated rings. The summed E-state index contributed by atoms with van der Waals surface area (Å²) < 4.78 is 13.1. The Bertz CT molecular complexity index is 394. The molecule has 82 valence electrons. The molecule has 0 spiro atoms. The minimum Gasteiger partial charge on any atom is -0.505 e. The van der Waals surface area contributed by atoms with Gasteiger partial charge >= 0.3 is 0 Å². The maximum absolute atomic E-state index is 13.1. The van der Waals surface area contributed by atoms with E-state index in [1.165, 1.54) is 6.92 Å². The number of nitro benzene ring substituents is 1. The van der Waals surface area contributed by atoms with Crippen molar-refractivity contribution in [3.63, 3.8) is 0 Å². The zero-order chi connectivity index (χ0) is 11.6. The third kappa shape index (κ3) is 2.21. The monoisotopic (exact) mass is 215 g/mol. The summed E-state index contributed by atoms with van der Waals surface area (Å²) in [6, 6.07) is 1.70. The van der Waals surface area contributed by atoms with E-state index in [4.69, 9.17) is 5.11 Å². The van der Waals surface area contributed by atoms with Gasteiger partial charge in [0.2, 0.25) is 0 Å². The lowest BCUT2D eigenvalue weighted by atomic mass is 10.00. The predicted molar refractivity (Wildman–Crippen MR) is 50.2 cm³/mol. The third-order valence-electron chi connectivity index (χ3n) is 2.09. The molecule has 0 bridgehead atoms. The number of aromatic hydroxyl groups is 1. The fraction of sp³-hybridized carbons (Fsp3) is 0.333. The van der Waals surface area contributed by atoms with Crippen molar-refractivity contribution >= 4 is 5.69 Å². The summed E-state index contributed by atoms with van der Waals surface area (Å²) in [5, 5.41) is 28.5. The van der Waals surface area contributed by atoms with E-state index < -0.39 is 28.1 Å². The van der Waals surface area contributed by atoms with Crippen LogP contribution in [0.2, 0.25) is 0 Å². The van der Waals surface area contributed by atoms with E-state index in [1.54, 1.807) is 0 Å². The Morgan fingerprint density at radius 3 is 2.67 bits per heavy atom. The first kappa shape index (κ1) is 11.4. The van der Waals surface area contributed by atoms with Gasteiger partial charge < -0.3 is 10.2 Å². The number of phenolic OH excluding ortho intramolecular Hbond substituents is 1. The molecule has 0 amide bonds. The molecule has 0 aromatic heterocycles. The molecule has 0 heterocycles. The number of aliphatic hydroxyl groups is 1. The lowest BCUT2D eigenvalue weighted by Gasteiger charge is -2.10. The van der Waals surface area contributed by atoms with E-state index >= 15 is 0 Å². The van der Waals surface area contributed by atoms with Gasteiger partial charge in [-0.05, 0) is 0 Å². The van der Waals surface area contributed by atoms with Crippen molar-refractivity contribution in [3.8, 4) is 5.75 Å². The maximum atomic E-state index is 13.1. The molecule has 15 heavy (non-hydrogen) atoms. The van der Waals surface area contributed by atoms with Crippen LogP contribution in [0.3, 0.4) is 0 Å². The van der Waals surface area contributed by atoms with E-state index in [1.807, 2.05) is 0 Å². The van der Waals surface area contributed by atoms with Gasteiger partial charge in [0.1, 0.15) is 0 Å². The number of nitro groups is 1. The van der Waals surface area contributed by atoms with Gasteiger partial charge in [-0.1, -0.05) is 6.92 Å². The molecule has 0 saturated heterocycles. The van der Waals surface area contributed by atoms with Crippen molar-refractivity contribution in [2.75, 3.05) is 6.61 Å². The van der Waals surface area contributed by atoms with Gasteiger partial charge in [-0.2, -0.15) is 0 Å². The molecule has 6 heteroatoms. The van der Waals surface area contributed by atoms with Crippen molar-refractivity contribution in [1.82, 2.24) is 0 Å². The van der Waals surface area contributed by atoms with E-state index in [9.17, 15) is 19.6 Å². The zero-order valence-corrected chi connectivity index (χ0v) is 7.98. The van der Waals surface area contributed by atoms with Crippen LogP contribution in [-0.2, 0) is 0 Å². The largest absolute Gasteiger partial charge is 0.505 e. The molecule has 1 unspecified atom stereocenters. The molecule has 1 atom stereocenters. The maximum Gasteiger partial charge on any atom is 0.272 e. The fourth-order valence-electron chi connectivity index (χ4n) is 1.18. The van der Waals surface area contributed by atoms with Gasteiger partial charge in [-0.25, -0.2) is 4.39 Å². The molecule has 5 nitrogen and oxygen atoms in total. The lowest BCUT2D eigenvalue weighted by molar-refractivity contribution is -0.385. The number of hydrogen-bond acceptors (Lipinski definition) is 4. The molecule has 0 saturated carbocycles. The Kier molecular flexibility index (Phi) is 3.21. The van der Waals surface area contributed by atoms with Gasteiger partial charge in [0.05, 0.1) is 11.0 Å². The van der Waals surface area contributed by atoms with Gasteiger partial charge in [0.25, 0.3) is 5.69 Å². The smallest absolute Gasteiger partial charge is 0.272 e. The van der Waals surface area contributed by atoms with Crippen LogP contribution in [0.15, 0.2) is 12.1 Å². The summed E-state index contributed by atoms with van der Waals surface area (Å²) in [5.41, 5.74) is -0.412. The SMILES string of the molecule is CC(CO)c1cc([N+](=O)[O-])cc(F)c1O. The second-order valence-electron chi connectivity index (χ2n) is 3.21. The summed E-state index contributed by atoms with van der Waals surface area (Å²) in [5.74, 6) is -2.26. The summed E-state index contributed by atoms with van der Waals surface area (Å²) in [7, 11) is 0. The number of nitrogens with zero attached hydrogens (tertiary/aromatic N) is 1. The third-order valence-corrected chi connectivity index (χ3v) is 2.09. The number of aliphatic hydroxyl groups excluding tert-OH is 1. The van der Waals surface area contributed by atoms with Crippen molar-refractivity contribution in [2.24, 2.45) is 0 Å². The van der Waals surface area contributed by atoms with Gasteiger partial charge in [0, 0.05) is 24.2 Å². The summed E-state index contributed by atoms with van der Waals surface area (Å²) in [4.78, 5) is 9.67. The Morgan fingerprint density at radius 2 is 2.20 bits per heavy atom. The molecule has 0 aliphatic rings. The number of halogens is 1. The Hall–Kier alpha value is -1.69. The zero-order valence-electron chi connectivity index (χ0n) is 7.98. The normalized spacial score (nSPS) is 12.5. The molecular formula is C9H10FNO4. The quantitative estimate of drug-likeness (QED) is 0.591. The van der Waals surface area contributed by atoms with Crippen molar-refractivity contribution < 1.29 is 19.5 Å². The lowest BCUT2D eigenvalue weighted by Crippen LogP contribution is -2.02. The van der Waals surface area contributed by atoms with E-state index in [-0.39, 0.29) is 12.2 Å². The Morgan fingerprint density at radius 1 is 1.60 bits per heavy atom. The van der Waals surface area contributed by atoms with Crippen molar-refractivity contribution in [1.29, 1.82) is 0 Å². The van der Waals surface area contributed by atoms with Gasteiger partial charge in [-0.15, -0.1) is 0 Å². The topological polar surface area (TPSA) is 83.6 Å². The Balaban J connectivity index is 3.31. The highest BCUT2D eigenvalue weighted by Gasteiger charge is 2.19. The van der Waals surface area contributed by atoms with Crippen LogP contribution < -0.4 is 0 Å². The second-order valence-corrected chi connectivity index (χ2v) is 3.21. The van der Waals surface area contributed by atoms with Crippen LogP contribution in [0.1, 0.15) is 18.4 Å². The molecule has 1 rings (SSSR count). The standard InChI is InChI=1S/C9H10FNO4/c1-5(4-12)7-2-6(11(14)15)3-8(10)9(7)13/h2-3,5,12-13H,4H2,1H3. The van der Waals surface area contributed by atoms with Crippen LogP contribution >= 0.6 is 0 Å². The second kappa shape index (κ2) is 4.22. The van der Waals surface area contributed by atoms with Crippen molar-refractivity contribution in [3.05, 3.63) is 33.6 Å². The van der Waals surface area contributed by atoms with E-state index in [2.05, 4.69) is 0 Å². The number of rotatable bonds is 3. The highest BCUT2D eigenvalue weighted by molar-refractivity contribution is 5.45. The van der Waals surface area contributed by atoms with E-state index in [0.717, 1.165) is 6.07 Å². The van der Waals surface area contributed by atoms with Crippen LogP contribution in [-0.4, -0.2) is 21.7 Å². The molecule has 2 N–H and O–H groups in total. The van der Waals surface area contributed by atoms with Gasteiger partial charge in [0.15, 0.2) is 11.6 Å². The minimum absolute atomic E-state index is 0.0317. The van der Waals surface area contributed by atoms with Crippen LogP contribution in [0.25, 0.3) is 0 Å². The predicted octanol–water partition coefficient (Wildman–Crippen LogP) is 1.54. The number of non-ortho nitro benzene ring substituents is 1. The minimum atomic E-state index is -1.06. The van der Waals surface area contributed by atoms with Crippen LogP contribution in [0.4, 0.5) is 10.1 Å². The molecule has 0 aliphatic heterocycles. The average molecular weight is 215 g/mol. The molecule has 0 aliphatic carbocycles. The first-order valence-electron chi connectivity index (χ1n) is 4.25. The molecule has 1 aromatic carbocycles. The summed E-state index contributed by atoms with van der Waals surface area (Å²) in [6.07, 6.45) is 0. The molecular weight excluding hydrogens is 205 g/mol.